The number of rotatable bonds is 3. The van der Waals surface area contributed by atoms with Crippen molar-refractivity contribution in [2.45, 2.75) is 6.54 Å². The third-order valence-electron chi connectivity index (χ3n) is 3.81. The van der Waals surface area contributed by atoms with E-state index >= 15 is 0 Å². The first kappa shape index (κ1) is 14.2. The summed E-state index contributed by atoms with van der Waals surface area (Å²) in [5.74, 6) is 1.05. The van der Waals surface area contributed by atoms with Crippen molar-refractivity contribution in [1.82, 2.24) is 9.88 Å². The molecule has 110 valence electrons. The topological polar surface area (TPSA) is 45.4 Å². The van der Waals surface area contributed by atoms with Crippen molar-refractivity contribution in [2.24, 2.45) is 0 Å². The van der Waals surface area contributed by atoms with Crippen LogP contribution in [0.15, 0.2) is 42.6 Å². The number of nitrogens with two attached hydrogens (primary N) is 1. The molecule has 1 aliphatic rings. The molecule has 2 N–H and O–H groups in total. The molecule has 1 saturated heterocycles. The lowest BCUT2D eigenvalue weighted by molar-refractivity contribution is 0.249. The van der Waals surface area contributed by atoms with Gasteiger partial charge >= 0.3 is 0 Å². The van der Waals surface area contributed by atoms with E-state index in [9.17, 15) is 0 Å². The fraction of sp³-hybridized carbons (Fsp3) is 0.312. The fourth-order valence-corrected chi connectivity index (χ4v) is 2.81. The van der Waals surface area contributed by atoms with Gasteiger partial charge in [0.1, 0.15) is 5.82 Å². The van der Waals surface area contributed by atoms with Gasteiger partial charge in [0.25, 0.3) is 0 Å². The van der Waals surface area contributed by atoms with Crippen LogP contribution in [0, 0.1) is 0 Å². The summed E-state index contributed by atoms with van der Waals surface area (Å²) >= 11 is 6.24. The number of nitrogen functional groups attached to an aromatic ring is 1. The molecule has 0 amide bonds. The van der Waals surface area contributed by atoms with E-state index in [4.69, 9.17) is 17.3 Å². The van der Waals surface area contributed by atoms with Crippen LogP contribution in [-0.2, 0) is 6.54 Å². The second kappa shape index (κ2) is 6.33. The van der Waals surface area contributed by atoms with E-state index in [-0.39, 0.29) is 0 Å². The van der Waals surface area contributed by atoms with Crippen LogP contribution in [0.1, 0.15) is 5.56 Å². The first-order valence-electron chi connectivity index (χ1n) is 7.14. The highest BCUT2D eigenvalue weighted by Gasteiger charge is 2.18. The number of nitrogens with zero attached hydrogens (tertiary/aromatic N) is 3. The van der Waals surface area contributed by atoms with Crippen LogP contribution in [0.5, 0.6) is 0 Å². The van der Waals surface area contributed by atoms with Crippen molar-refractivity contribution in [3.63, 3.8) is 0 Å². The van der Waals surface area contributed by atoms with Crippen LogP contribution < -0.4 is 10.6 Å². The average Bonchev–Trinajstić information content (AvgIpc) is 2.53. The van der Waals surface area contributed by atoms with E-state index in [1.165, 1.54) is 0 Å². The molecule has 0 atom stereocenters. The van der Waals surface area contributed by atoms with Crippen molar-refractivity contribution < 1.29 is 0 Å². The highest BCUT2D eigenvalue weighted by atomic mass is 35.5. The predicted molar refractivity (Wildman–Crippen MR) is 87.6 cm³/mol. The van der Waals surface area contributed by atoms with Gasteiger partial charge in [-0.1, -0.05) is 17.7 Å². The summed E-state index contributed by atoms with van der Waals surface area (Å²) in [5, 5.41) is 0.788. The van der Waals surface area contributed by atoms with Gasteiger partial charge in [0.05, 0.1) is 0 Å². The molecule has 0 radical (unpaired) electrons. The zero-order valence-corrected chi connectivity index (χ0v) is 12.6. The Labute approximate surface area is 130 Å². The van der Waals surface area contributed by atoms with Crippen molar-refractivity contribution in [1.29, 1.82) is 0 Å². The Balaban J connectivity index is 1.60. The molecule has 1 aromatic carbocycles. The second-order valence-electron chi connectivity index (χ2n) is 5.30. The molecule has 0 spiro atoms. The summed E-state index contributed by atoms with van der Waals surface area (Å²) in [6.07, 6.45) is 1.84. The van der Waals surface area contributed by atoms with E-state index in [1.54, 1.807) is 0 Å². The van der Waals surface area contributed by atoms with E-state index < -0.39 is 0 Å². The number of hydrogen-bond donors (Lipinski definition) is 1. The largest absolute Gasteiger partial charge is 0.399 e. The molecule has 0 saturated carbocycles. The Hall–Kier alpha value is -1.78. The number of aromatic nitrogens is 1. The molecule has 0 aliphatic carbocycles. The number of hydrogen-bond acceptors (Lipinski definition) is 4. The van der Waals surface area contributed by atoms with E-state index in [0.717, 1.165) is 54.8 Å². The number of piperazine rings is 1. The Morgan fingerprint density at radius 2 is 1.90 bits per heavy atom. The first-order chi connectivity index (χ1) is 10.2. The maximum Gasteiger partial charge on any atom is 0.128 e. The summed E-state index contributed by atoms with van der Waals surface area (Å²) in [6, 6.07) is 11.7. The Morgan fingerprint density at radius 1 is 1.10 bits per heavy atom. The Bertz CT molecular complexity index is 594. The lowest BCUT2D eigenvalue weighted by Crippen LogP contribution is -2.46. The summed E-state index contributed by atoms with van der Waals surface area (Å²) in [5.41, 5.74) is 7.70. The smallest absolute Gasteiger partial charge is 0.128 e. The van der Waals surface area contributed by atoms with Crippen LogP contribution in [0.4, 0.5) is 11.5 Å². The maximum atomic E-state index is 6.24. The van der Waals surface area contributed by atoms with Gasteiger partial charge in [0.15, 0.2) is 0 Å². The molecule has 3 rings (SSSR count). The Morgan fingerprint density at radius 3 is 2.62 bits per heavy atom. The van der Waals surface area contributed by atoms with Crippen LogP contribution in [0.3, 0.4) is 0 Å². The first-order valence-corrected chi connectivity index (χ1v) is 7.52. The molecule has 5 heteroatoms. The monoisotopic (exact) mass is 302 g/mol. The molecule has 2 aromatic rings. The molecule has 2 heterocycles. The van der Waals surface area contributed by atoms with Crippen LogP contribution in [0.25, 0.3) is 0 Å². The molecular weight excluding hydrogens is 284 g/mol. The van der Waals surface area contributed by atoms with Crippen LogP contribution in [0.2, 0.25) is 5.02 Å². The molecule has 1 aliphatic heterocycles. The lowest BCUT2D eigenvalue weighted by Gasteiger charge is -2.35. The van der Waals surface area contributed by atoms with Crippen molar-refractivity contribution in [3.8, 4) is 0 Å². The molecular formula is C16H19ClN4. The minimum absolute atomic E-state index is 0.765. The van der Waals surface area contributed by atoms with Gasteiger partial charge in [0.2, 0.25) is 0 Å². The van der Waals surface area contributed by atoms with Crippen molar-refractivity contribution >= 4 is 23.1 Å². The van der Waals surface area contributed by atoms with Gasteiger partial charge < -0.3 is 10.6 Å². The van der Waals surface area contributed by atoms with Gasteiger partial charge in [-0.05, 0) is 35.9 Å². The zero-order chi connectivity index (χ0) is 14.7. The van der Waals surface area contributed by atoms with Crippen LogP contribution in [-0.4, -0.2) is 36.1 Å². The van der Waals surface area contributed by atoms with E-state index in [1.807, 2.05) is 36.5 Å². The second-order valence-corrected chi connectivity index (χ2v) is 5.71. The van der Waals surface area contributed by atoms with Gasteiger partial charge in [-0.3, -0.25) is 4.90 Å². The average molecular weight is 303 g/mol. The highest BCUT2D eigenvalue weighted by molar-refractivity contribution is 6.31. The number of benzene rings is 1. The van der Waals surface area contributed by atoms with Crippen molar-refractivity contribution in [2.75, 3.05) is 36.8 Å². The van der Waals surface area contributed by atoms with E-state index in [0.29, 0.717) is 0 Å². The summed E-state index contributed by atoms with van der Waals surface area (Å²) in [7, 11) is 0. The third-order valence-corrected chi connectivity index (χ3v) is 4.18. The Kier molecular flexibility index (Phi) is 4.27. The maximum absolute atomic E-state index is 6.24. The van der Waals surface area contributed by atoms with Crippen LogP contribution >= 0.6 is 11.6 Å². The summed E-state index contributed by atoms with van der Waals surface area (Å²) < 4.78 is 0. The number of halogens is 1. The van der Waals surface area contributed by atoms with Gasteiger partial charge in [0, 0.05) is 49.6 Å². The standard InChI is InChI=1S/C16H19ClN4/c17-15-5-4-14(18)11-13(15)12-20-7-9-21(10-8-20)16-3-1-2-6-19-16/h1-6,11H,7-10,12,18H2. The van der Waals surface area contributed by atoms with Gasteiger partial charge in [-0.2, -0.15) is 0 Å². The summed E-state index contributed by atoms with van der Waals surface area (Å²) in [4.78, 5) is 9.13. The van der Waals surface area contributed by atoms with E-state index in [2.05, 4.69) is 20.9 Å². The SMILES string of the molecule is Nc1ccc(Cl)c(CN2CCN(c3ccccn3)CC2)c1. The minimum atomic E-state index is 0.765. The molecule has 1 aromatic heterocycles. The quantitative estimate of drug-likeness (QED) is 0.885. The molecule has 4 nitrogen and oxygen atoms in total. The predicted octanol–water partition coefficient (Wildman–Crippen LogP) is 2.64. The molecule has 21 heavy (non-hydrogen) atoms. The minimum Gasteiger partial charge on any atom is -0.399 e. The number of anilines is 2. The zero-order valence-electron chi connectivity index (χ0n) is 11.9. The van der Waals surface area contributed by atoms with Gasteiger partial charge in [-0.25, -0.2) is 4.98 Å². The van der Waals surface area contributed by atoms with Gasteiger partial charge in [-0.15, -0.1) is 0 Å². The molecule has 0 unspecified atom stereocenters. The fourth-order valence-electron chi connectivity index (χ4n) is 2.63. The lowest BCUT2D eigenvalue weighted by atomic mass is 10.1. The third kappa shape index (κ3) is 3.46. The number of pyridine rings is 1. The van der Waals surface area contributed by atoms with Crippen molar-refractivity contribution in [3.05, 3.63) is 53.2 Å². The summed E-state index contributed by atoms with van der Waals surface area (Å²) in [6.45, 7) is 4.82. The normalized spacial score (nSPS) is 16.1. The highest BCUT2D eigenvalue weighted by Crippen LogP contribution is 2.21. The molecule has 0 bridgehead atoms. The molecule has 1 fully saturated rings.